The van der Waals surface area contributed by atoms with Crippen LogP contribution in [0.1, 0.15) is 24.8 Å². The Kier molecular flexibility index (Phi) is 8.28. The Labute approximate surface area is 142 Å². The van der Waals surface area contributed by atoms with Crippen molar-refractivity contribution in [2.24, 2.45) is 5.92 Å². The second-order valence-electron chi connectivity index (χ2n) is 5.45. The average molecular weight is 356 g/mol. The van der Waals surface area contributed by atoms with Crippen LogP contribution in [-0.2, 0) is 6.54 Å². The van der Waals surface area contributed by atoms with Gasteiger partial charge in [0.1, 0.15) is 5.82 Å². The molecule has 6 heteroatoms. The summed E-state index contributed by atoms with van der Waals surface area (Å²) in [4.78, 5) is 2.37. The van der Waals surface area contributed by atoms with E-state index in [1.807, 2.05) is 7.05 Å². The van der Waals surface area contributed by atoms with Crippen LogP contribution >= 0.6 is 35.6 Å². The molecular weight excluding hydrogens is 334 g/mol. The van der Waals surface area contributed by atoms with E-state index in [0.29, 0.717) is 5.02 Å². The molecule has 0 radical (unpaired) electrons. The molecule has 0 spiro atoms. The summed E-state index contributed by atoms with van der Waals surface area (Å²) in [5.41, 5.74) is 0.909. The van der Waals surface area contributed by atoms with Crippen LogP contribution in [-0.4, -0.2) is 31.6 Å². The zero-order chi connectivity index (χ0) is 14.5. The van der Waals surface area contributed by atoms with Crippen molar-refractivity contribution in [2.45, 2.75) is 25.8 Å². The van der Waals surface area contributed by atoms with Gasteiger partial charge in [-0.05, 0) is 63.5 Å². The molecular formula is C15H22Cl3FN2. The summed E-state index contributed by atoms with van der Waals surface area (Å²) in [5.74, 6) is 0.358. The van der Waals surface area contributed by atoms with Crippen molar-refractivity contribution in [1.29, 1.82) is 0 Å². The maximum absolute atomic E-state index is 13.3. The van der Waals surface area contributed by atoms with E-state index in [1.54, 1.807) is 6.07 Å². The van der Waals surface area contributed by atoms with Crippen LogP contribution in [0.15, 0.2) is 12.1 Å². The predicted octanol–water partition coefficient (Wildman–Crippen LogP) is 4.38. The topological polar surface area (TPSA) is 15.3 Å². The Morgan fingerprint density at radius 2 is 1.90 bits per heavy atom. The number of hydrogen-bond donors (Lipinski definition) is 1. The van der Waals surface area contributed by atoms with E-state index < -0.39 is 5.82 Å². The van der Waals surface area contributed by atoms with E-state index in [-0.39, 0.29) is 17.4 Å². The lowest BCUT2D eigenvalue weighted by molar-refractivity contribution is 0.172. The highest BCUT2D eigenvalue weighted by Crippen LogP contribution is 2.30. The maximum atomic E-state index is 13.3. The quantitative estimate of drug-likeness (QED) is 0.789. The molecule has 0 bridgehead atoms. The molecule has 0 amide bonds. The fourth-order valence-electron chi connectivity index (χ4n) is 2.71. The molecule has 1 aliphatic heterocycles. The number of halogens is 4. The van der Waals surface area contributed by atoms with Crippen molar-refractivity contribution >= 4 is 35.6 Å². The van der Waals surface area contributed by atoms with Gasteiger partial charge in [0, 0.05) is 6.54 Å². The Morgan fingerprint density at radius 1 is 1.24 bits per heavy atom. The zero-order valence-electron chi connectivity index (χ0n) is 12.2. The summed E-state index contributed by atoms with van der Waals surface area (Å²) in [6.45, 7) is 3.97. The van der Waals surface area contributed by atoms with Gasteiger partial charge in [-0.3, -0.25) is 4.90 Å². The van der Waals surface area contributed by atoms with Gasteiger partial charge in [0.2, 0.25) is 0 Å². The minimum Gasteiger partial charge on any atom is -0.320 e. The predicted molar refractivity (Wildman–Crippen MR) is 90.2 cm³/mol. The Balaban J connectivity index is 0.00000220. The van der Waals surface area contributed by atoms with Gasteiger partial charge < -0.3 is 5.32 Å². The summed E-state index contributed by atoms with van der Waals surface area (Å²) in [7, 11) is 2.00. The van der Waals surface area contributed by atoms with Crippen molar-refractivity contribution < 1.29 is 4.39 Å². The summed E-state index contributed by atoms with van der Waals surface area (Å²) in [6.07, 6.45) is 3.68. The fraction of sp³-hybridized carbons (Fsp3) is 0.600. The van der Waals surface area contributed by atoms with Gasteiger partial charge in [-0.2, -0.15) is 0 Å². The first-order valence-electron chi connectivity index (χ1n) is 7.11. The van der Waals surface area contributed by atoms with Gasteiger partial charge in [0.25, 0.3) is 0 Å². The number of nitrogens with zero attached hydrogens (tertiary/aromatic N) is 1. The summed E-state index contributed by atoms with van der Waals surface area (Å²) in [5, 5.41) is 3.59. The van der Waals surface area contributed by atoms with E-state index in [9.17, 15) is 4.39 Å². The third-order valence-corrected chi connectivity index (χ3v) is 4.92. The summed E-state index contributed by atoms with van der Waals surface area (Å²) >= 11 is 12.0. The first kappa shape index (κ1) is 19.0. The van der Waals surface area contributed by atoms with Gasteiger partial charge in [-0.1, -0.05) is 29.3 Å². The van der Waals surface area contributed by atoms with E-state index in [0.717, 1.165) is 37.7 Å². The van der Waals surface area contributed by atoms with E-state index in [1.165, 1.54) is 25.3 Å². The molecule has 2 rings (SSSR count). The molecule has 0 saturated carbocycles. The Morgan fingerprint density at radius 3 is 2.52 bits per heavy atom. The van der Waals surface area contributed by atoms with Crippen LogP contribution in [0, 0.1) is 11.7 Å². The number of benzene rings is 1. The van der Waals surface area contributed by atoms with Gasteiger partial charge >= 0.3 is 0 Å². The molecule has 1 aromatic rings. The number of hydrogen-bond acceptors (Lipinski definition) is 2. The van der Waals surface area contributed by atoms with Crippen LogP contribution < -0.4 is 5.32 Å². The number of piperidine rings is 1. The highest BCUT2D eigenvalue weighted by atomic mass is 35.5. The lowest BCUT2D eigenvalue weighted by Crippen LogP contribution is -2.34. The third-order valence-electron chi connectivity index (χ3n) is 4.02. The highest BCUT2D eigenvalue weighted by Gasteiger charge is 2.20. The first-order valence-corrected chi connectivity index (χ1v) is 7.86. The molecule has 1 aromatic carbocycles. The normalized spacial score (nSPS) is 16.8. The van der Waals surface area contributed by atoms with Crippen LogP contribution in [0.25, 0.3) is 0 Å². The molecule has 1 saturated heterocycles. The van der Waals surface area contributed by atoms with Crippen LogP contribution in [0.5, 0.6) is 0 Å². The molecule has 1 N–H and O–H groups in total. The van der Waals surface area contributed by atoms with E-state index >= 15 is 0 Å². The molecule has 1 fully saturated rings. The van der Waals surface area contributed by atoms with Gasteiger partial charge in [0.05, 0.1) is 10.0 Å². The first-order chi connectivity index (χ1) is 9.61. The van der Waals surface area contributed by atoms with E-state index in [2.05, 4.69) is 10.2 Å². The SMILES string of the molecule is CNCCC1CCN(Cc2ccc(F)c(Cl)c2Cl)CC1.Cl. The molecule has 21 heavy (non-hydrogen) atoms. The molecule has 0 atom stereocenters. The molecule has 0 aliphatic carbocycles. The maximum Gasteiger partial charge on any atom is 0.143 e. The Hall–Kier alpha value is -0.0600. The van der Waals surface area contributed by atoms with Gasteiger partial charge in [-0.15, -0.1) is 12.4 Å². The summed E-state index contributed by atoms with van der Waals surface area (Å²) < 4.78 is 13.3. The van der Waals surface area contributed by atoms with E-state index in [4.69, 9.17) is 23.2 Å². The number of nitrogens with one attached hydrogen (secondary N) is 1. The van der Waals surface area contributed by atoms with Crippen molar-refractivity contribution in [3.8, 4) is 0 Å². The Bertz CT molecular complexity index is 449. The van der Waals surface area contributed by atoms with Crippen molar-refractivity contribution in [1.82, 2.24) is 10.2 Å². The van der Waals surface area contributed by atoms with Crippen molar-refractivity contribution in [3.63, 3.8) is 0 Å². The largest absolute Gasteiger partial charge is 0.320 e. The molecule has 0 unspecified atom stereocenters. The molecule has 120 valence electrons. The van der Waals surface area contributed by atoms with Crippen molar-refractivity contribution in [3.05, 3.63) is 33.6 Å². The molecule has 1 aliphatic rings. The molecule has 2 nitrogen and oxygen atoms in total. The molecule has 1 heterocycles. The highest BCUT2D eigenvalue weighted by molar-refractivity contribution is 6.42. The van der Waals surface area contributed by atoms with Crippen LogP contribution in [0.2, 0.25) is 10.0 Å². The number of rotatable bonds is 5. The lowest BCUT2D eigenvalue weighted by Gasteiger charge is -2.32. The zero-order valence-corrected chi connectivity index (χ0v) is 14.5. The average Bonchev–Trinajstić information content (AvgIpc) is 2.47. The number of likely N-dealkylation sites (tertiary alicyclic amines) is 1. The molecule has 0 aromatic heterocycles. The van der Waals surface area contributed by atoms with Gasteiger partial charge in [0.15, 0.2) is 0 Å². The van der Waals surface area contributed by atoms with Crippen LogP contribution in [0.4, 0.5) is 4.39 Å². The standard InChI is InChI=1S/C15H21Cl2FN2.ClH/c1-19-7-4-11-5-8-20(9-6-11)10-12-2-3-13(18)15(17)14(12)16;/h2-3,11,19H,4-10H2,1H3;1H. The fourth-order valence-corrected chi connectivity index (χ4v) is 3.11. The monoisotopic (exact) mass is 354 g/mol. The van der Waals surface area contributed by atoms with Crippen molar-refractivity contribution in [2.75, 3.05) is 26.7 Å². The second-order valence-corrected chi connectivity index (χ2v) is 6.20. The third kappa shape index (κ3) is 5.26. The lowest BCUT2D eigenvalue weighted by atomic mass is 9.93. The van der Waals surface area contributed by atoms with Gasteiger partial charge in [-0.25, -0.2) is 4.39 Å². The minimum absolute atomic E-state index is 0. The smallest absolute Gasteiger partial charge is 0.143 e. The second kappa shape index (κ2) is 9.16. The van der Waals surface area contributed by atoms with Crippen LogP contribution in [0.3, 0.4) is 0 Å². The minimum atomic E-state index is -0.453. The summed E-state index contributed by atoms with van der Waals surface area (Å²) in [6, 6.07) is 3.12.